The van der Waals surface area contributed by atoms with Crippen LogP contribution in [-0.4, -0.2) is 51.8 Å². The van der Waals surface area contributed by atoms with Gasteiger partial charge in [-0.3, -0.25) is 9.46 Å². The fraction of sp³-hybridized carbons (Fsp3) is 0.800. The lowest BCUT2D eigenvalue weighted by atomic mass is 10.2. The average Bonchev–Trinajstić information content (AvgIpc) is 2.21. The maximum Gasteiger partial charge on any atom is 0.411 e. The molecule has 9 heteroatoms. The molecule has 0 aliphatic heterocycles. The van der Waals surface area contributed by atoms with Gasteiger partial charge in [0, 0.05) is 7.05 Å². The number of amides is 1. The van der Waals surface area contributed by atoms with Crippen molar-refractivity contribution < 1.29 is 33.4 Å². The van der Waals surface area contributed by atoms with Crippen molar-refractivity contribution in [1.82, 2.24) is 4.90 Å². The van der Waals surface area contributed by atoms with E-state index in [1.807, 2.05) is 0 Å². The topological polar surface area (TPSA) is 113 Å². The van der Waals surface area contributed by atoms with E-state index in [2.05, 4.69) is 4.74 Å². The minimum absolute atomic E-state index is 0.546. The number of nitrogens with zero attached hydrogens (tertiary/aromatic N) is 1. The Morgan fingerprint density at radius 1 is 1.16 bits per heavy atom. The first kappa shape index (κ1) is 17.9. The van der Waals surface area contributed by atoms with Gasteiger partial charge in [-0.1, -0.05) is 0 Å². The first-order chi connectivity index (χ1) is 8.27. The molecule has 0 aliphatic rings. The Morgan fingerprint density at radius 3 is 1.84 bits per heavy atom. The lowest BCUT2D eigenvalue weighted by Gasteiger charge is -2.36. The lowest BCUT2D eigenvalue weighted by Crippen LogP contribution is -2.54. The molecule has 1 atom stereocenters. The fourth-order valence-electron chi connectivity index (χ4n) is 1.15. The van der Waals surface area contributed by atoms with Gasteiger partial charge in [0.1, 0.15) is 5.60 Å². The molecule has 2 N–H and O–H groups in total. The van der Waals surface area contributed by atoms with Crippen molar-refractivity contribution >= 4 is 19.7 Å². The number of likely N-dealkylation sites (N-methyl/N-ethyl adjacent to an activating group) is 1. The second kappa shape index (κ2) is 5.48. The molecule has 1 amide bonds. The van der Waals surface area contributed by atoms with Crippen LogP contribution >= 0.6 is 7.60 Å². The van der Waals surface area contributed by atoms with E-state index in [9.17, 15) is 23.9 Å². The zero-order valence-corrected chi connectivity index (χ0v) is 12.7. The molecule has 0 heterocycles. The van der Waals surface area contributed by atoms with E-state index in [1.165, 1.54) is 0 Å². The number of hydrogen-bond donors (Lipinski definition) is 2. The average molecular weight is 297 g/mol. The van der Waals surface area contributed by atoms with Crippen LogP contribution in [0.2, 0.25) is 0 Å². The predicted molar refractivity (Wildman–Crippen MR) is 66.5 cm³/mol. The largest absolute Gasteiger partial charge is 0.467 e. The van der Waals surface area contributed by atoms with Crippen LogP contribution in [0.15, 0.2) is 0 Å². The Morgan fingerprint density at radius 2 is 1.58 bits per heavy atom. The summed E-state index contributed by atoms with van der Waals surface area (Å²) in [6.07, 6.45) is -1.04. The van der Waals surface area contributed by atoms with Crippen LogP contribution in [-0.2, 0) is 18.8 Å². The van der Waals surface area contributed by atoms with E-state index in [0.717, 1.165) is 21.1 Å². The van der Waals surface area contributed by atoms with Gasteiger partial charge in [-0.05, 0) is 27.7 Å². The highest BCUT2D eigenvalue weighted by Crippen LogP contribution is 2.52. The van der Waals surface area contributed by atoms with Crippen molar-refractivity contribution in [3.63, 3.8) is 0 Å². The molecule has 0 aromatic carbocycles. The Balaban J connectivity index is 5.49. The van der Waals surface area contributed by atoms with E-state index >= 15 is 0 Å². The van der Waals surface area contributed by atoms with Gasteiger partial charge in [0.05, 0.1) is 7.11 Å². The normalized spacial score (nSPS) is 15.4. The minimum atomic E-state index is -4.99. The van der Waals surface area contributed by atoms with E-state index in [1.54, 1.807) is 20.8 Å². The highest BCUT2D eigenvalue weighted by atomic mass is 31.2. The molecular weight excluding hydrogens is 277 g/mol. The number of ether oxygens (including phenoxy) is 2. The standard InChI is InChI=1S/C10H20NO7P/c1-9(2,3)18-8(13)11(5)10(4,7(12)17-6)19(14,15)16/h1-6H3,(H2,14,15,16). The molecule has 0 aromatic rings. The summed E-state index contributed by atoms with van der Waals surface area (Å²) < 4.78 is 20.8. The van der Waals surface area contributed by atoms with Gasteiger partial charge in [-0.15, -0.1) is 0 Å². The van der Waals surface area contributed by atoms with Gasteiger partial charge in [0.25, 0.3) is 0 Å². The van der Waals surface area contributed by atoms with Crippen LogP contribution in [0, 0.1) is 0 Å². The molecule has 0 radical (unpaired) electrons. The summed E-state index contributed by atoms with van der Waals surface area (Å²) in [6, 6.07) is 0. The van der Waals surface area contributed by atoms with Crippen molar-refractivity contribution in [1.29, 1.82) is 0 Å². The molecule has 0 aliphatic carbocycles. The highest BCUT2D eigenvalue weighted by molar-refractivity contribution is 7.54. The summed E-state index contributed by atoms with van der Waals surface area (Å²) >= 11 is 0. The fourth-order valence-corrected chi connectivity index (χ4v) is 1.95. The first-order valence-corrected chi connectivity index (χ1v) is 6.99. The second-order valence-corrected chi connectivity index (χ2v) is 7.05. The summed E-state index contributed by atoms with van der Waals surface area (Å²) in [4.78, 5) is 42.6. The lowest BCUT2D eigenvalue weighted by molar-refractivity contribution is -0.148. The van der Waals surface area contributed by atoms with Crippen LogP contribution in [0.5, 0.6) is 0 Å². The van der Waals surface area contributed by atoms with Crippen molar-refractivity contribution in [2.45, 2.75) is 38.6 Å². The molecule has 0 saturated carbocycles. The molecule has 0 saturated heterocycles. The highest BCUT2D eigenvalue weighted by Gasteiger charge is 2.56. The summed E-state index contributed by atoms with van der Waals surface area (Å²) in [5.41, 5.74) is -0.864. The molecular formula is C10H20NO7P. The van der Waals surface area contributed by atoms with Crippen LogP contribution in [0.3, 0.4) is 0 Å². The monoisotopic (exact) mass is 297 g/mol. The molecule has 0 fully saturated rings. The number of carbonyl (C=O) groups excluding carboxylic acids is 2. The molecule has 1 unspecified atom stereocenters. The van der Waals surface area contributed by atoms with E-state index in [4.69, 9.17) is 4.74 Å². The summed E-state index contributed by atoms with van der Waals surface area (Å²) in [7, 11) is -2.95. The summed E-state index contributed by atoms with van der Waals surface area (Å²) in [5.74, 6) is -1.23. The zero-order chi connectivity index (χ0) is 15.6. The maximum atomic E-state index is 11.8. The number of methoxy groups -OCH3 is 1. The SMILES string of the molecule is COC(=O)C(C)(N(C)C(=O)OC(C)(C)C)P(=O)(O)O. The van der Waals surface area contributed by atoms with Gasteiger partial charge < -0.3 is 19.3 Å². The Labute approximate surface area is 111 Å². The molecule has 0 spiro atoms. The van der Waals surface area contributed by atoms with Gasteiger partial charge in [0.15, 0.2) is 0 Å². The van der Waals surface area contributed by atoms with Crippen molar-refractivity contribution in [2.75, 3.05) is 14.2 Å². The van der Waals surface area contributed by atoms with Gasteiger partial charge in [0.2, 0.25) is 5.28 Å². The third-order valence-corrected chi connectivity index (χ3v) is 4.08. The van der Waals surface area contributed by atoms with Gasteiger partial charge in [-0.2, -0.15) is 0 Å². The van der Waals surface area contributed by atoms with Crippen LogP contribution < -0.4 is 0 Å². The van der Waals surface area contributed by atoms with Crippen LogP contribution in [0.4, 0.5) is 4.79 Å². The Hall–Kier alpha value is -1.11. The maximum absolute atomic E-state index is 11.8. The molecule has 0 bridgehead atoms. The van der Waals surface area contributed by atoms with E-state index in [-0.39, 0.29) is 0 Å². The number of hydrogen-bond acceptors (Lipinski definition) is 5. The first-order valence-electron chi connectivity index (χ1n) is 5.38. The number of carbonyl (C=O) groups is 2. The zero-order valence-electron chi connectivity index (χ0n) is 11.8. The van der Waals surface area contributed by atoms with Crippen LogP contribution in [0.1, 0.15) is 27.7 Å². The predicted octanol–water partition coefficient (Wildman–Crippen LogP) is 0.920. The van der Waals surface area contributed by atoms with Crippen molar-refractivity contribution in [3.05, 3.63) is 0 Å². The third kappa shape index (κ3) is 3.92. The quantitative estimate of drug-likeness (QED) is 0.588. The number of rotatable bonds is 3. The minimum Gasteiger partial charge on any atom is -0.467 e. The van der Waals surface area contributed by atoms with Crippen LogP contribution in [0.25, 0.3) is 0 Å². The molecule has 0 aromatic heterocycles. The van der Waals surface area contributed by atoms with Crippen molar-refractivity contribution in [3.8, 4) is 0 Å². The van der Waals surface area contributed by atoms with E-state index in [0.29, 0.717) is 4.90 Å². The summed E-state index contributed by atoms with van der Waals surface area (Å²) in [5, 5.41) is -2.44. The number of esters is 1. The van der Waals surface area contributed by atoms with Gasteiger partial charge >= 0.3 is 19.7 Å². The molecule has 8 nitrogen and oxygen atoms in total. The Bertz CT molecular complexity index is 411. The molecule has 19 heavy (non-hydrogen) atoms. The smallest absolute Gasteiger partial charge is 0.411 e. The summed E-state index contributed by atoms with van der Waals surface area (Å²) in [6.45, 7) is 5.69. The van der Waals surface area contributed by atoms with Gasteiger partial charge in [-0.25, -0.2) is 9.59 Å². The van der Waals surface area contributed by atoms with Crippen molar-refractivity contribution in [2.24, 2.45) is 0 Å². The van der Waals surface area contributed by atoms with E-state index < -0.39 is 30.5 Å². The second-order valence-electron chi connectivity index (χ2n) is 5.10. The molecule has 0 rings (SSSR count). The Kier molecular flexibility index (Phi) is 5.16. The third-order valence-electron chi connectivity index (χ3n) is 2.46. The molecule has 112 valence electrons.